The van der Waals surface area contributed by atoms with Crippen molar-refractivity contribution in [2.24, 2.45) is 0 Å². The molecule has 1 aliphatic rings. The molecule has 2 aromatic rings. The normalized spacial score (nSPS) is 15.4. The summed E-state index contributed by atoms with van der Waals surface area (Å²) < 4.78 is 2.01. The van der Waals surface area contributed by atoms with Crippen LogP contribution >= 0.6 is 35.4 Å². The molecule has 0 bridgehead atoms. The van der Waals surface area contributed by atoms with Gasteiger partial charge in [0.1, 0.15) is 0 Å². The van der Waals surface area contributed by atoms with Gasteiger partial charge < -0.3 is 4.98 Å². The third kappa shape index (κ3) is 1.71. The Morgan fingerprint density at radius 3 is 2.59 bits per heavy atom. The number of benzene rings is 1. The Hall–Kier alpha value is -0.840. The topological polar surface area (TPSA) is 37.8 Å². The molecule has 1 N–H and O–H groups in total. The fourth-order valence-corrected chi connectivity index (χ4v) is 2.70. The highest BCUT2D eigenvalue weighted by molar-refractivity contribution is 7.71. The fraction of sp³-hybridized carbons (Fsp3) is 0.273. The minimum atomic E-state index is -0.154. The highest BCUT2D eigenvalue weighted by Gasteiger charge is 2.27. The molecule has 88 valence electrons. The quantitative estimate of drug-likeness (QED) is 0.812. The van der Waals surface area contributed by atoms with Gasteiger partial charge in [0, 0.05) is 6.04 Å². The molecule has 3 nitrogen and oxygen atoms in total. The van der Waals surface area contributed by atoms with Gasteiger partial charge in [0.05, 0.1) is 20.9 Å². The Morgan fingerprint density at radius 1 is 1.29 bits per heavy atom. The monoisotopic (exact) mass is 286 g/mol. The van der Waals surface area contributed by atoms with E-state index >= 15 is 0 Å². The van der Waals surface area contributed by atoms with Crippen molar-refractivity contribution in [1.29, 1.82) is 0 Å². The number of halogens is 2. The van der Waals surface area contributed by atoms with E-state index in [0.717, 1.165) is 12.8 Å². The first-order chi connectivity index (χ1) is 8.09. The summed E-state index contributed by atoms with van der Waals surface area (Å²) in [5.41, 5.74) is 0.366. The van der Waals surface area contributed by atoms with Crippen LogP contribution in [0.1, 0.15) is 18.9 Å². The van der Waals surface area contributed by atoms with E-state index in [1.54, 1.807) is 16.7 Å². The molecule has 1 saturated carbocycles. The van der Waals surface area contributed by atoms with Crippen molar-refractivity contribution < 1.29 is 0 Å². The zero-order chi connectivity index (χ0) is 12.2. The number of fused-ring (bicyclic) bond motifs is 1. The minimum Gasteiger partial charge on any atom is -0.330 e. The zero-order valence-corrected chi connectivity index (χ0v) is 11.0. The highest BCUT2D eigenvalue weighted by Crippen LogP contribution is 2.35. The van der Waals surface area contributed by atoms with E-state index in [-0.39, 0.29) is 11.6 Å². The van der Waals surface area contributed by atoms with Crippen molar-refractivity contribution in [3.05, 3.63) is 37.3 Å². The van der Waals surface area contributed by atoms with E-state index in [0.29, 0.717) is 25.7 Å². The second-order valence-electron chi connectivity index (χ2n) is 4.12. The van der Waals surface area contributed by atoms with Gasteiger partial charge in [-0.3, -0.25) is 9.36 Å². The molecule has 0 spiro atoms. The summed E-state index contributed by atoms with van der Waals surface area (Å²) in [5, 5.41) is 1.27. The van der Waals surface area contributed by atoms with E-state index in [9.17, 15) is 4.79 Å². The summed E-state index contributed by atoms with van der Waals surface area (Å²) in [6.45, 7) is 0. The van der Waals surface area contributed by atoms with E-state index < -0.39 is 0 Å². The molecule has 0 radical (unpaired) electrons. The molecule has 0 saturated heterocycles. The van der Waals surface area contributed by atoms with Crippen molar-refractivity contribution in [1.82, 2.24) is 9.55 Å². The summed E-state index contributed by atoms with van der Waals surface area (Å²) in [7, 11) is 0. The number of nitrogens with zero attached hydrogens (tertiary/aromatic N) is 1. The molecular formula is C11H8Cl2N2OS. The second kappa shape index (κ2) is 3.83. The number of hydrogen-bond donors (Lipinski definition) is 1. The summed E-state index contributed by atoms with van der Waals surface area (Å²) >= 11 is 17.3. The summed E-state index contributed by atoms with van der Waals surface area (Å²) in [4.78, 5) is 15.3. The maximum atomic E-state index is 12.3. The largest absolute Gasteiger partial charge is 0.330 e. The fourth-order valence-electron chi connectivity index (χ4n) is 1.93. The Bertz CT molecular complexity index is 731. The van der Waals surface area contributed by atoms with Gasteiger partial charge in [0.15, 0.2) is 4.77 Å². The molecule has 0 aliphatic heterocycles. The van der Waals surface area contributed by atoms with Gasteiger partial charge in [0.25, 0.3) is 5.56 Å². The number of rotatable bonds is 1. The molecule has 0 unspecified atom stereocenters. The molecule has 17 heavy (non-hydrogen) atoms. The van der Waals surface area contributed by atoms with Crippen LogP contribution in [0, 0.1) is 4.77 Å². The van der Waals surface area contributed by atoms with Crippen LogP contribution in [0.25, 0.3) is 10.9 Å². The van der Waals surface area contributed by atoms with Gasteiger partial charge in [-0.05, 0) is 37.2 Å². The third-order valence-electron chi connectivity index (χ3n) is 2.90. The molecule has 1 aromatic heterocycles. The summed E-state index contributed by atoms with van der Waals surface area (Å²) in [5.74, 6) is 0. The Labute approximate surface area is 112 Å². The van der Waals surface area contributed by atoms with Gasteiger partial charge in [0.2, 0.25) is 0 Å². The maximum absolute atomic E-state index is 12.3. The molecule has 0 atom stereocenters. The lowest BCUT2D eigenvalue weighted by Crippen LogP contribution is -2.21. The van der Waals surface area contributed by atoms with E-state index in [1.165, 1.54) is 0 Å². The average Bonchev–Trinajstić information content (AvgIpc) is 3.07. The summed E-state index contributed by atoms with van der Waals surface area (Å²) in [6, 6.07) is 3.49. The van der Waals surface area contributed by atoms with Crippen molar-refractivity contribution in [2.75, 3.05) is 0 Å². The zero-order valence-electron chi connectivity index (χ0n) is 8.67. The van der Waals surface area contributed by atoms with Gasteiger partial charge >= 0.3 is 0 Å². The van der Waals surface area contributed by atoms with Crippen molar-refractivity contribution in [3.8, 4) is 0 Å². The lowest BCUT2D eigenvalue weighted by molar-refractivity contribution is 0.686. The smallest absolute Gasteiger partial charge is 0.263 e. The first-order valence-corrected chi connectivity index (χ1v) is 6.38. The van der Waals surface area contributed by atoms with Crippen LogP contribution in [0.5, 0.6) is 0 Å². The molecule has 1 aromatic carbocycles. The van der Waals surface area contributed by atoms with Gasteiger partial charge in [-0.2, -0.15) is 0 Å². The first-order valence-electron chi connectivity index (χ1n) is 5.22. The average molecular weight is 287 g/mol. The number of H-pyrrole nitrogens is 1. The van der Waals surface area contributed by atoms with Crippen molar-refractivity contribution in [2.45, 2.75) is 18.9 Å². The molecular weight excluding hydrogens is 279 g/mol. The van der Waals surface area contributed by atoms with E-state index in [1.807, 2.05) is 0 Å². The van der Waals surface area contributed by atoms with E-state index in [4.69, 9.17) is 35.4 Å². The van der Waals surface area contributed by atoms with Crippen LogP contribution in [-0.4, -0.2) is 9.55 Å². The van der Waals surface area contributed by atoms with Crippen LogP contribution in [0.2, 0.25) is 10.0 Å². The van der Waals surface area contributed by atoms with E-state index in [2.05, 4.69) is 4.98 Å². The Balaban J connectivity index is 2.53. The van der Waals surface area contributed by atoms with Crippen LogP contribution in [0.15, 0.2) is 16.9 Å². The standard InChI is InChI=1S/C11H8Cl2N2OS/c12-6-3-4-7(13)9-8(6)10(16)15(5-1-2-5)11(17)14-9/h3-5H,1-2H2,(H,14,17). The third-order valence-corrected chi connectivity index (χ3v) is 3.83. The lowest BCUT2D eigenvalue weighted by atomic mass is 10.2. The molecule has 3 rings (SSSR count). The Kier molecular flexibility index (Phi) is 2.54. The number of nitrogens with one attached hydrogen (secondary N) is 1. The van der Waals surface area contributed by atoms with Crippen molar-refractivity contribution >= 4 is 46.3 Å². The predicted octanol–water partition coefficient (Wildman–Crippen LogP) is 3.70. The second-order valence-corrected chi connectivity index (χ2v) is 5.32. The van der Waals surface area contributed by atoms with Gasteiger partial charge in [-0.25, -0.2) is 0 Å². The number of aromatic amines is 1. The SMILES string of the molecule is O=c1c2c(Cl)ccc(Cl)c2[nH]c(=S)n1C1CC1. The van der Waals surface area contributed by atoms with Crippen molar-refractivity contribution in [3.63, 3.8) is 0 Å². The van der Waals surface area contributed by atoms with Crippen LogP contribution < -0.4 is 5.56 Å². The molecule has 0 amide bonds. The molecule has 6 heteroatoms. The van der Waals surface area contributed by atoms with Crippen LogP contribution in [0.3, 0.4) is 0 Å². The van der Waals surface area contributed by atoms with Gasteiger partial charge in [-0.1, -0.05) is 23.2 Å². The predicted molar refractivity (Wildman–Crippen MR) is 71.7 cm³/mol. The first kappa shape index (κ1) is 11.3. The van der Waals surface area contributed by atoms with Crippen LogP contribution in [-0.2, 0) is 0 Å². The van der Waals surface area contributed by atoms with Gasteiger partial charge in [-0.15, -0.1) is 0 Å². The summed E-state index contributed by atoms with van der Waals surface area (Å²) in [6.07, 6.45) is 1.97. The minimum absolute atomic E-state index is 0.154. The molecule has 1 fully saturated rings. The molecule has 1 aliphatic carbocycles. The lowest BCUT2D eigenvalue weighted by Gasteiger charge is -2.08. The number of aromatic nitrogens is 2. The number of hydrogen-bond acceptors (Lipinski definition) is 2. The Morgan fingerprint density at radius 2 is 1.94 bits per heavy atom. The van der Waals surface area contributed by atoms with Crippen LogP contribution in [0.4, 0.5) is 0 Å². The molecule has 1 heterocycles. The highest BCUT2D eigenvalue weighted by atomic mass is 35.5. The maximum Gasteiger partial charge on any atom is 0.263 e.